The summed E-state index contributed by atoms with van der Waals surface area (Å²) >= 11 is 6.94. The van der Waals surface area contributed by atoms with Crippen LogP contribution in [0.25, 0.3) is 0 Å². The molecule has 0 saturated heterocycles. The van der Waals surface area contributed by atoms with Crippen molar-refractivity contribution in [3.63, 3.8) is 0 Å². The molecule has 0 saturated carbocycles. The molecule has 0 atom stereocenters. The fourth-order valence-corrected chi connectivity index (χ4v) is 7.29. The monoisotopic (exact) mass is 620 g/mol. The zero-order valence-corrected chi connectivity index (χ0v) is 22.9. The summed E-state index contributed by atoms with van der Waals surface area (Å²) in [7, 11) is -4.19. The van der Waals surface area contributed by atoms with Crippen LogP contribution in [0.15, 0.2) is 72.9 Å². The van der Waals surface area contributed by atoms with Crippen LogP contribution >= 0.6 is 31.9 Å². The van der Waals surface area contributed by atoms with Gasteiger partial charge in [0.1, 0.15) is 16.4 Å². The Kier molecular flexibility index (Phi) is 6.52. The van der Waals surface area contributed by atoms with Gasteiger partial charge in [-0.3, -0.25) is 9.59 Å². The van der Waals surface area contributed by atoms with Gasteiger partial charge in [-0.2, -0.15) is 8.42 Å². The molecule has 5 rings (SSSR count). The molecule has 2 aliphatic carbocycles. The van der Waals surface area contributed by atoms with Crippen LogP contribution in [0.1, 0.15) is 55.6 Å². The SMILES string of the molecule is Cc1ccc(S(=O)(=O)Oc2c(Br)cc(Br)cc2C2C3=C(CCCC3=O)OC3=C2C(=O)CCC3)cc1. The zero-order valence-electron chi connectivity index (χ0n) is 18.9. The largest absolute Gasteiger partial charge is 0.465 e. The highest BCUT2D eigenvalue weighted by Crippen LogP contribution is 2.51. The van der Waals surface area contributed by atoms with Gasteiger partial charge in [-0.05, 0) is 60.0 Å². The minimum absolute atomic E-state index is 0.0122. The number of halogens is 2. The number of carbonyl (C=O) groups is 2. The standard InChI is InChI=1S/C26H22Br2O6S/c1-14-8-10-16(11-9-14)35(31,32)34-26-17(12-15(27)13-18(26)28)23-24-19(29)4-2-6-21(24)33-22-7-3-5-20(30)25(22)23/h8-13,23H,2-7H2,1H3. The highest BCUT2D eigenvalue weighted by molar-refractivity contribution is 9.11. The van der Waals surface area contributed by atoms with Crippen molar-refractivity contribution < 1.29 is 26.9 Å². The van der Waals surface area contributed by atoms with E-state index in [1.807, 2.05) is 6.92 Å². The highest BCUT2D eigenvalue weighted by atomic mass is 79.9. The molecule has 9 heteroatoms. The van der Waals surface area contributed by atoms with E-state index in [1.54, 1.807) is 24.3 Å². The van der Waals surface area contributed by atoms with E-state index in [0.29, 0.717) is 75.7 Å². The van der Waals surface area contributed by atoms with E-state index >= 15 is 0 Å². The predicted molar refractivity (Wildman–Crippen MR) is 136 cm³/mol. The maximum absolute atomic E-state index is 13.2. The van der Waals surface area contributed by atoms with E-state index in [4.69, 9.17) is 8.92 Å². The van der Waals surface area contributed by atoms with E-state index in [2.05, 4.69) is 31.9 Å². The first-order valence-electron chi connectivity index (χ1n) is 11.4. The van der Waals surface area contributed by atoms with E-state index in [1.165, 1.54) is 12.1 Å². The van der Waals surface area contributed by atoms with Gasteiger partial charge < -0.3 is 8.92 Å². The lowest BCUT2D eigenvalue weighted by Crippen LogP contribution is -2.30. The molecule has 1 aliphatic heterocycles. The first kappa shape index (κ1) is 24.5. The molecule has 0 amide bonds. The van der Waals surface area contributed by atoms with Crippen molar-refractivity contribution in [1.29, 1.82) is 0 Å². The van der Waals surface area contributed by atoms with Gasteiger partial charge in [-0.25, -0.2) is 0 Å². The quantitative estimate of drug-likeness (QED) is 0.366. The smallest absolute Gasteiger partial charge is 0.339 e. The summed E-state index contributed by atoms with van der Waals surface area (Å²) in [6, 6.07) is 9.77. The second-order valence-electron chi connectivity index (χ2n) is 8.92. The Hall–Kier alpha value is -2.23. The number of ether oxygens (including phenoxy) is 1. The Morgan fingerprint density at radius 1 is 0.886 bits per heavy atom. The minimum atomic E-state index is -4.19. The summed E-state index contributed by atoms with van der Waals surface area (Å²) < 4.78 is 39.4. The van der Waals surface area contributed by atoms with Crippen molar-refractivity contribution in [2.24, 2.45) is 0 Å². The van der Waals surface area contributed by atoms with Gasteiger partial charge in [0.15, 0.2) is 17.3 Å². The summed E-state index contributed by atoms with van der Waals surface area (Å²) in [6.07, 6.45) is 3.23. The third-order valence-electron chi connectivity index (χ3n) is 6.49. The van der Waals surface area contributed by atoms with Crippen LogP contribution in [0, 0.1) is 6.92 Å². The molecule has 35 heavy (non-hydrogen) atoms. The molecule has 2 aromatic rings. The van der Waals surface area contributed by atoms with Crippen LogP contribution in [0.5, 0.6) is 5.75 Å². The molecule has 0 fully saturated rings. The number of rotatable bonds is 4. The molecule has 1 heterocycles. The van der Waals surface area contributed by atoms with Crippen LogP contribution in [0.4, 0.5) is 0 Å². The van der Waals surface area contributed by atoms with Gasteiger partial charge in [0, 0.05) is 46.9 Å². The maximum Gasteiger partial charge on any atom is 0.339 e. The van der Waals surface area contributed by atoms with E-state index in [9.17, 15) is 18.0 Å². The Bertz CT molecular complexity index is 1380. The fraction of sp³-hybridized carbons (Fsp3) is 0.308. The molecule has 0 radical (unpaired) electrons. The first-order valence-corrected chi connectivity index (χ1v) is 14.4. The Morgan fingerprint density at radius 2 is 1.46 bits per heavy atom. The molecule has 0 bridgehead atoms. The average molecular weight is 622 g/mol. The van der Waals surface area contributed by atoms with E-state index in [-0.39, 0.29) is 22.2 Å². The lowest BCUT2D eigenvalue weighted by atomic mass is 9.73. The number of Topliss-reactive ketones (excluding diaryl/α,β-unsaturated/α-hetero) is 2. The third-order valence-corrected chi connectivity index (χ3v) is 8.77. The topological polar surface area (TPSA) is 86.7 Å². The van der Waals surface area contributed by atoms with Crippen molar-refractivity contribution in [3.8, 4) is 5.75 Å². The summed E-state index contributed by atoms with van der Waals surface area (Å²) in [5, 5.41) is 0. The normalized spacial score (nSPS) is 18.8. The van der Waals surface area contributed by atoms with E-state index < -0.39 is 16.0 Å². The molecular weight excluding hydrogens is 600 g/mol. The van der Waals surface area contributed by atoms with Gasteiger partial charge >= 0.3 is 10.1 Å². The van der Waals surface area contributed by atoms with Crippen molar-refractivity contribution in [3.05, 3.63) is 79.1 Å². The fourth-order valence-electron chi connectivity index (χ4n) is 4.87. The molecule has 2 aromatic carbocycles. The summed E-state index contributed by atoms with van der Waals surface area (Å²) in [6.45, 7) is 1.87. The molecule has 0 aromatic heterocycles. The highest BCUT2D eigenvalue weighted by Gasteiger charge is 2.43. The second-order valence-corrected chi connectivity index (χ2v) is 12.2. The number of allylic oxidation sites excluding steroid dienone is 4. The third kappa shape index (κ3) is 4.54. The lowest BCUT2D eigenvalue weighted by Gasteiger charge is -2.36. The van der Waals surface area contributed by atoms with Gasteiger partial charge in [-0.1, -0.05) is 33.6 Å². The molecule has 6 nitrogen and oxygen atoms in total. The van der Waals surface area contributed by atoms with Crippen molar-refractivity contribution in [1.82, 2.24) is 0 Å². The average Bonchev–Trinajstić information content (AvgIpc) is 2.80. The summed E-state index contributed by atoms with van der Waals surface area (Å²) in [5.74, 6) is 0.253. The Balaban J connectivity index is 1.71. The lowest BCUT2D eigenvalue weighted by molar-refractivity contribution is -0.117. The predicted octanol–water partition coefficient (Wildman–Crippen LogP) is 6.42. The number of ketones is 2. The molecule has 3 aliphatic rings. The van der Waals surface area contributed by atoms with Crippen LogP contribution < -0.4 is 4.18 Å². The van der Waals surface area contributed by atoms with Gasteiger partial charge in [-0.15, -0.1) is 0 Å². The van der Waals surface area contributed by atoms with Crippen LogP contribution in [0.2, 0.25) is 0 Å². The Morgan fingerprint density at radius 3 is 2.03 bits per heavy atom. The maximum atomic E-state index is 13.2. The van der Waals surface area contributed by atoms with Crippen molar-refractivity contribution >= 4 is 53.5 Å². The van der Waals surface area contributed by atoms with Crippen LogP contribution in [-0.4, -0.2) is 20.0 Å². The van der Waals surface area contributed by atoms with E-state index in [0.717, 1.165) is 5.56 Å². The van der Waals surface area contributed by atoms with Gasteiger partial charge in [0.05, 0.1) is 10.4 Å². The summed E-state index contributed by atoms with van der Waals surface area (Å²) in [5.41, 5.74) is 2.19. The van der Waals surface area contributed by atoms with Gasteiger partial charge in [0.25, 0.3) is 0 Å². The first-order chi connectivity index (χ1) is 16.7. The minimum Gasteiger partial charge on any atom is -0.465 e. The molecule has 0 N–H and O–H groups in total. The van der Waals surface area contributed by atoms with Crippen LogP contribution in [-0.2, 0) is 24.4 Å². The van der Waals surface area contributed by atoms with Crippen molar-refractivity contribution in [2.45, 2.75) is 56.3 Å². The zero-order chi connectivity index (χ0) is 24.9. The number of aryl methyl sites for hydroxylation is 1. The number of benzene rings is 2. The van der Waals surface area contributed by atoms with Gasteiger partial charge in [0.2, 0.25) is 0 Å². The summed E-state index contributed by atoms with van der Waals surface area (Å²) in [4.78, 5) is 26.3. The molecule has 182 valence electrons. The van der Waals surface area contributed by atoms with Crippen LogP contribution in [0.3, 0.4) is 0 Å². The number of carbonyl (C=O) groups excluding carboxylic acids is 2. The Labute approximate surface area is 220 Å². The molecule has 0 spiro atoms. The van der Waals surface area contributed by atoms with Crippen molar-refractivity contribution in [2.75, 3.05) is 0 Å². The second kappa shape index (κ2) is 9.33. The number of hydrogen-bond donors (Lipinski definition) is 0. The molecule has 0 unspecified atom stereocenters. The molecular formula is C26H22Br2O6S. The number of hydrogen-bond acceptors (Lipinski definition) is 6.